The molecule has 0 radical (unpaired) electrons. The zero-order chi connectivity index (χ0) is 28.0. The molecule has 7 nitrogen and oxygen atoms in total. The lowest BCUT2D eigenvalue weighted by molar-refractivity contribution is -0.145. The normalized spacial score (nSPS) is 12.9. The Morgan fingerprint density at radius 3 is 2.29 bits per heavy atom. The molecule has 2 N–H and O–H groups in total. The summed E-state index contributed by atoms with van der Waals surface area (Å²) in [5.41, 5.74) is -5.12. The van der Waals surface area contributed by atoms with E-state index < -0.39 is 69.2 Å². The summed E-state index contributed by atoms with van der Waals surface area (Å²) in [4.78, 5) is 32.1. The van der Waals surface area contributed by atoms with Gasteiger partial charge in [0.25, 0.3) is 5.56 Å². The van der Waals surface area contributed by atoms with Gasteiger partial charge >= 0.3 is 18.3 Å². The van der Waals surface area contributed by atoms with Crippen molar-refractivity contribution in [2.45, 2.75) is 18.4 Å². The molecule has 0 saturated carbocycles. The number of aromatic carboxylic acids is 1. The maximum absolute atomic E-state index is 14.4. The summed E-state index contributed by atoms with van der Waals surface area (Å²) in [6, 6.07) is 5.71. The number of hydrogen-bond acceptors (Lipinski definition) is 5. The Bertz CT molecular complexity index is 1600. The Morgan fingerprint density at radius 1 is 1.05 bits per heavy atom. The fraction of sp³-hybridized carbons (Fsp3) is 0.167. The topological polar surface area (TPSA) is 97.1 Å². The standard InChI is InChI=1S/C24H15F7N4O3/c1-35-20(11-5-3-2-4-6-11)33-17-14(7-12(23(26,27)28)8-15(17)21(35)36)18(24(29,30)31)34-19-16(22(37)38)9-13(25)10-32-19/h2-10,18H,1H3,(H,32,34)(H,37,38)/t18-/m0/s1. The number of benzene rings is 2. The summed E-state index contributed by atoms with van der Waals surface area (Å²) in [5, 5.41) is 10.3. The number of nitrogens with zero attached hydrogens (tertiary/aromatic N) is 3. The second-order valence-electron chi connectivity index (χ2n) is 8.10. The highest BCUT2D eigenvalue weighted by Gasteiger charge is 2.44. The highest BCUT2D eigenvalue weighted by atomic mass is 19.4. The molecule has 4 rings (SSSR count). The van der Waals surface area contributed by atoms with Crippen molar-refractivity contribution in [1.82, 2.24) is 14.5 Å². The molecule has 2 aromatic carbocycles. The molecule has 4 aromatic rings. The molecular weight excluding hydrogens is 525 g/mol. The van der Waals surface area contributed by atoms with Gasteiger partial charge in [-0.3, -0.25) is 9.36 Å². The maximum atomic E-state index is 14.4. The number of alkyl halides is 6. The molecule has 0 aliphatic carbocycles. The molecule has 2 aromatic heterocycles. The third kappa shape index (κ3) is 5.01. The largest absolute Gasteiger partial charge is 0.478 e. The molecule has 0 aliphatic rings. The van der Waals surface area contributed by atoms with E-state index in [4.69, 9.17) is 0 Å². The van der Waals surface area contributed by atoms with Crippen LogP contribution in [0.3, 0.4) is 0 Å². The lowest BCUT2D eigenvalue weighted by Gasteiger charge is -2.25. The van der Waals surface area contributed by atoms with E-state index in [1.165, 1.54) is 19.2 Å². The first-order valence-corrected chi connectivity index (χ1v) is 10.6. The third-order valence-corrected chi connectivity index (χ3v) is 5.57. The van der Waals surface area contributed by atoms with Crippen LogP contribution in [-0.2, 0) is 13.2 Å². The molecule has 38 heavy (non-hydrogen) atoms. The smallest absolute Gasteiger partial charge is 0.416 e. The van der Waals surface area contributed by atoms with Crippen LogP contribution in [0.1, 0.15) is 27.5 Å². The Balaban J connectivity index is 2.07. The van der Waals surface area contributed by atoms with Crippen molar-refractivity contribution in [3.05, 3.63) is 87.6 Å². The van der Waals surface area contributed by atoms with Gasteiger partial charge in [-0.05, 0) is 18.2 Å². The molecule has 0 aliphatic heterocycles. The average molecular weight is 540 g/mol. The first-order chi connectivity index (χ1) is 17.7. The quantitative estimate of drug-likeness (QED) is 0.322. The van der Waals surface area contributed by atoms with Crippen LogP contribution in [0.4, 0.5) is 36.6 Å². The summed E-state index contributed by atoms with van der Waals surface area (Å²) in [6.45, 7) is 0. The van der Waals surface area contributed by atoms with Gasteiger partial charge < -0.3 is 10.4 Å². The van der Waals surface area contributed by atoms with E-state index in [0.29, 0.717) is 23.9 Å². The molecule has 198 valence electrons. The van der Waals surface area contributed by atoms with Crippen molar-refractivity contribution in [2.75, 3.05) is 5.32 Å². The van der Waals surface area contributed by atoms with Gasteiger partial charge in [0.1, 0.15) is 23.0 Å². The van der Waals surface area contributed by atoms with Crippen LogP contribution in [0.5, 0.6) is 0 Å². The Hall–Kier alpha value is -4.49. The van der Waals surface area contributed by atoms with Gasteiger partial charge in [0.05, 0.1) is 22.7 Å². The molecule has 0 bridgehead atoms. The van der Waals surface area contributed by atoms with E-state index in [-0.39, 0.29) is 11.9 Å². The molecule has 0 saturated heterocycles. The van der Waals surface area contributed by atoms with E-state index in [1.807, 2.05) is 0 Å². The summed E-state index contributed by atoms with van der Waals surface area (Å²) < 4.78 is 98.6. The fourth-order valence-corrected chi connectivity index (χ4v) is 3.82. The highest BCUT2D eigenvalue weighted by molar-refractivity contribution is 5.93. The first kappa shape index (κ1) is 26.6. The predicted octanol–water partition coefficient (Wildman–Crippen LogP) is 5.57. The predicted molar refractivity (Wildman–Crippen MR) is 121 cm³/mol. The number of rotatable bonds is 5. The van der Waals surface area contributed by atoms with Gasteiger partial charge in [0.15, 0.2) is 6.04 Å². The van der Waals surface area contributed by atoms with Crippen molar-refractivity contribution < 1.29 is 40.6 Å². The van der Waals surface area contributed by atoms with Gasteiger partial charge in [-0.1, -0.05) is 30.3 Å². The summed E-state index contributed by atoms with van der Waals surface area (Å²) >= 11 is 0. The third-order valence-electron chi connectivity index (χ3n) is 5.57. The molecule has 0 amide bonds. The minimum atomic E-state index is -5.35. The van der Waals surface area contributed by atoms with Gasteiger partial charge in [0, 0.05) is 18.2 Å². The molecule has 0 fully saturated rings. The van der Waals surface area contributed by atoms with Crippen LogP contribution >= 0.6 is 0 Å². The van der Waals surface area contributed by atoms with E-state index in [0.717, 1.165) is 4.57 Å². The number of anilines is 1. The Morgan fingerprint density at radius 2 is 1.71 bits per heavy atom. The fourth-order valence-electron chi connectivity index (χ4n) is 3.82. The van der Waals surface area contributed by atoms with Gasteiger partial charge in [-0.25, -0.2) is 19.2 Å². The van der Waals surface area contributed by atoms with Crippen molar-refractivity contribution in [3.8, 4) is 11.4 Å². The van der Waals surface area contributed by atoms with Crippen LogP contribution in [0.25, 0.3) is 22.3 Å². The Labute approximate surface area is 208 Å². The lowest BCUT2D eigenvalue weighted by Crippen LogP contribution is -2.31. The van der Waals surface area contributed by atoms with E-state index >= 15 is 0 Å². The number of fused-ring (bicyclic) bond motifs is 1. The number of aromatic nitrogens is 3. The minimum absolute atomic E-state index is 0.129. The van der Waals surface area contributed by atoms with E-state index in [9.17, 15) is 45.4 Å². The number of carboxylic acids is 1. The lowest BCUT2D eigenvalue weighted by atomic mass is 9.98. The average Bonchev–Trinajstić information content (AvgIpc) is 2.84. The highest BCUT2D eigenvalue weighted by Crippen LogP contribution is 2.41. The summed E-state index contributed by atoms with van der Waals surface area (Å²) in [5.74, 6) is -4.10. The van der Waals surface area contributed by atoms with Crippen LogP contribution < -0.4 is 10.9 Å². The van der Waals surface area contributed by atoms with Gasteiger partial charge in [-0.15, -0.1) is 0 Å². The number of pyridine rings is 1. The zero-order valence-electron chi connectivity index (χ0n) is 19.0. The monoisotopic (exact) mass is 540 g/mol. The van der Waals surface area contributed by atoms with Crippen molar-refractivity contribution >= 4 is 22.7 Å². The number of hydrogen-bond donors (Lipinski definition) is 2. The van der Waals surface area contributed by atoms with E-state index in [2.05, 4.69) is 9.97 Å². The first-order valence-electron chi connectivity index (χ1n) is 10.6. The molecule has 0 spiro atoms. The zero-order valence-corrected chi connectivity index (χ0v) is 19.0. The van der Waals surface area contributed by atoms with Crippen LogP contribution in [0, 0.1) is 5.82 Å². The van der Waals surface area contributed by atoms with Gasteiger partial charge in [-0.2, -0.15) is 26.3 Å². The van der Waals surface area contributed by atoms with Crippen LogP contribution in [0.15, 0.2) is 59.5 Å². The Kier molecular flexibility index (Phi) is 6.59. The number of carboxylic acid groups (broad SMARTS) is 1. The van der Waals surface area contributed by atoms with E-state index in [1.54, 1.807) is 23.5 Å². The summed E-state index contributed by atoms with van der Waals surface area (Å²) in [7, 11) is 1.21. The summed E-state index contributed by atoms with van der Waals surface area (Å²) in [6.07, 6.45) is -10.1. The van der Waals surface area contributed by atoms with Crippen LogP contribution in [0.2, 0.25) is 0 Å². The molecule has 0 unspecified atom stereocenters. The van der Waals surface area contributed by atoms with Gasteiger partial charge in [0.2, 0.25) is 0 Å². The van der Waals surface area contributed by atoms with Crippen molar-refractivity contribution in [2.24, 2.45) is 7.05 Å². The maximum Gasteiger partial charge on any atom is 0.416 e. The minimum Gasteiger partial charge on any atom is -0.478 e. The number of carbonyl (C=O) groups is 1. The molecule has 14 heteroatoms. The van der Waals surface area contributed by atoms with Crippen molar-refractivity contribution in [1.29, 1.82) is 0 Å². The molecular formula is C24H15F7N4O3. The van der Waals surface area contributed by atoms with Crippen LogP contribution in [-0.4, -0.2) is 31.8 Å². The molecule has 2 heterocycles. The number of halogens is 7. The van der Waals surface area contributed by atoms with Crippen molar-refractivity contribution in [3.63, 3.8) is 0 Å². The second-order valence-corrected chi connectivity index (χ2v) is 8.10. The molecule has 1 atom stereocenters. The number of nitrogens with one attached hydrogen (secondary N) is 1. The SMILES string of the molecule is Cn1c(-c2ccccc2)nc2c([C@H](Nc3ncc(F)cc3C(=O)O)C(F)(F)F)cc(C(F)(F)F)cc2c1=O. The second kappa shape index (κ2) is 9.43.